The summed E-state index contributed by atoms with van der Waals surface area (Å²) in [5.74, 6) is 0.724. The highest BCUT2D eigenvalue weighted by Gasteiger charge is 2.20. The van der Waals surface area contributed by atoms with E-state index in [-0.39, 0.29) is 0 Å². The normalized spacial score (nSPS) is 17.4. The van der Waals surface area contributed by atoms with Gasteiger partial charge in [0.15, 0.2) is 5.58 Å². The molecule has 1 aliphatic heterocycles. The summed E-state index contributed by atoms with van der Waals surface area (Å²) in [6.45, 7) is 2.39. The van der Waals surface area contributed by atoms with Crippen molar-refractivity contribution in [3.63, 3.8) is 0 Å². The second-order valence-electron chi connectivity index (χ2n) is 5.06. The molecule has 0 unspecified atom stereocenters. The zero-order valence-electron chi connectivity index (χ0n) is 11.1. The van der Waals surface area contributed by atoms with Gasteiger partial charge in [0.1, 0.15) is 5.52 Å². The molecule has 2 heterocycles. The summed E-state index contributed by atoms with van der Waals surface area (Å²) in [6, 6.07) is 6.17. The molecule has 1 fully saturated rings. The monoisotopic (exact) mass is 261 g/mol. The number of oxazole rings is 1. The molecule has 5 heteroatoms. The molecule has 0 atom stereocenters. The molecule has 0 spiro atoms. The van der Waals surface area contributed by atoms with Crippen LogP contribution in [0.2, 0.25) is 0 Å². The molecule has 102 valence electrons. The molecule has 1 aromatic carbocycles. The zero-order valence-corrected chi connectivity index (χ0v) is 11.1. The first-order valence-electron chi connectivity index (χ1n) is 6.66. The SMILES string of the molecule is CN(Cc1nc2c(N)cccc2o1)C1CCOCC1. The van der Waals surface area contributed by atoms with E-state index in [2.05, 4.69) is 16.9 Å². The van der Waals surface area contributed by atoms with Crippen LogP contribution in [0.15, 0.2) is 22.6 Å². The first-order chi connectivity index (χ1) is 9.24. The average molecular weight is 261 g/mol. The minimum Gasteiger partial charge on any atom is -0.439 e. The van der Waals surface area contributed by atoms with Gasteiger partial charge < -0.3 is 14.9 Å². The number of aromatic nitrogens is 1. The van der Waals surface area contributed by atoms with Crippen molar-refractivity contribution in [2.75, 3.05) is 26.0 Å². The van der Waals surface area contributed by atoms with E-state index in [1.807, 2.05) is 18.2 Å². The molecule has 2 aromatic rings. The molecule has 0 saturated carbocycles. The van der Waals surface area contributed by atoms with Gasteiger partial charge in [-0.2, -0.15) is 0 Å². The van der Waals surface area contributed by atoms with Crippen LogP contribution in [0.5, 0.6) is 0 Å². The molecule has 2 N–H and O–H groups in total. The number of rotatable bonds is 3. The van der Waals surface area contributed by atoms with Gasteiger partial charge in [0.25, 0.3) is 0 Å². The number of fused-ring (bicyclic) bond motifs is 1. The van der Waals surface area contributed by atoms with E-state index in [0.29, 0.717) is 18.3 Å². The third-order valence-electron chi connectivity index (χ3n) is 3.69. The van der Waals surface area contributed by atoms with E-state index in [9.17, 15) is 0 Å². The lowest BCUT2D eigenvalue weighted by Crippen LogP contribution is -2.36. The number of nitrogen functional groups attached to an aromatic ring is 1. The van der Waals surface area contributed by atoms with Gasteiger partial charge >= 0.3 is 0 Å². The maximum atomic E-state index is 5.89. The first-order valence-corrected chi connectivity index (χ1v) is 6.66. The Labute approximate surface area is 112 Å². The van der Waals surface area contributed by atoms with Crippen molar-refractivity contribution < 1.29 is 9.15 Å². The van der Waals surface area contributed by atoms with E-state index < -0.39 is 0 Å². The number of para-hydroxylation sites is 1. The van der Waals surface area contributed by atoms with Crippen LogP contribution in [0.25, 0.3) is 11.1 Å². The quantitative estimate of drug-likeness (QED) is 0.856. The summed E-state index contributed by atoms with van der Waals surface area (Å²) in [5, 5.41) is 0. The lowest BCUT2D eigenvalue weighted by atomic mass is 10.1. The number of hydrogen-bond acceptors (Lipinski definition) is 5. The number of nitrogens with two attached hydrogens (primary N) is 1. The molecule has 1 aromatic heterocycles. The fourth-order valence-corrected chi connectivity index (χ4v) is 2.55. The van der Waals surface area contributed by atoms with E-state index in [1.165, 1.54) is 0 Å². The van der Waals surface area contributed by atoms with Crippen molar-refractivity contribution in [2.24, 2.45) is 0 Å². The Bertz CT molecular complexity index is 561. The summed E-state index contributed by atoms with van der Waals surface area (Å²) in [5.41, 5.74) is 8.08. The van der Waals surface area contributed by atoms with Crippen LogP contribution in [0.3, 0.4) is 0 Å². The fraction of sp³-hybridized carbons (Fsp3) is 0.500. The number of hydrogen-bond donors (Lipinski definition) is 1. The Morgan fingerprint density at radius 3 is 2.89 bits per heavy atom. The van der Waals surface area contributed by atoms with Gasteiger partial charge in [-0.1, -0.05) is 6.07 Å². The fourth-order valence-electron chi connectivity index (χ4n) is 2.55. The molecule has 19 heavy (non-hydrogen) atoms. The minimum absolute atomic E-state index is 0.543. The van der Waals surface area contributed by atoms with Crippen molar-refractivity contribution in [1.82, 2.24) is 9.88 Å². The van der Waals surface area contributed by atoms with Crippen LogP contribution in [-0.2, 0) is 11.3 Å². The standard InChI is InChI=1S/C14H19N3O2/c1-17(10-5-7-18-8-6-10)9-13-16-14-11(15)3-2-4-12(14)19-13/h2-4,10H,5-9,15H2,1H3. The molecule has 0 bridgehead atoms. The molecule has 5 nitrogen and oxygen atoms in total. The molecule has 0 radical (unpaired) electrons. The van der Waals surface area contributed by atoms with Crippen LogP contribution < -0.4 is 5.73 Å². The molecule has 1 saturated heterocycles. The van der Waals surface area contributed by atoms with Gasteiger partial charge in [-0.25, -0.2) is 4.98 Å². The highest BCUT2D eigenvalue weighted by atomic mass is 16.5. The Balaban J connectivity index is 1.75. The summed E-state index contributed by atoms with van der Waals surface area (Å²) >= 11 is 0. The number of benzene rings is 1. The summed E-state index contributed by atoms with van der Waals surface area (Å²) in [6.07, 6.45) is 2.14. The molecular formula is C14H19N3O2. The summed E-state index contributed by atoms with van der Waals surface area (Å²) in [4.78, 5) is 6.76. The summed E-state index contributed by atoms with van der Waals surface area (Å²) < 4.78 is 11.1. The van der Waals surface area contributed by atoms with Gasteiger partial charge in [-0.05, 0) is 32.0 Å². The topological polar surface area (TPSA) is 64.5 Å². The van der Waals surface area contributed by atoms with Crippen molar-refractivity contribution in [2.45, 2.75) is 25.4 Å². The molecule has 1 aliphatic rings. The second kappa shape index (κ2) is 5.19. The van der Waals surface area contributed by atoms with Crippen LogP contribution in [0.1, 0.15) is 18.7 Å². The summed E-state index contributed by atoms with van der Waals surface area (Å²) in [7, 11) is 2.11. The van der Waals surface area contributed by atoms with Gasteiger partial charge in [-0.15, -0.1) is 0 Å². The van der Waals surface area contributed by atoms with Crippen LogP contribution in [-0.4, -0.2) is 36.2 Å². The lowest BCUT2D eigenvalue weighted by molar-refractivity contribution is 0.0384. The lowest BCUT2D eigenvalue weighted by Gasteiger charge is -2.30. The largest absolute Gasteiger partial charge is 0.439 e. The smallest absolute Gasteiger partial charge is 0.209 e. The zero-order chi connectivity index (χ0) is 13.2. The van der Waals surface area contributed by atoms with Crippen molar-refractivity contribution in [1.29, 1.82) is 0 Å². The van der Waals surface area contributed by atoms with Crippen molar-refractivity contribution in [3.05, 3.63) is 24.1 Å². The van der Waals surface area contributed by atoms with E-state index in [1.54, 1.807) is 0 Å². The molecule has 0 amide bonds. The van der Waals surface area contributed by atoms with Crippen molar-refractivity contribution in [3.8, 4) is 0 Å². The van der Waals surface area contributed by atoms with E-state index in [0.717, 1.165) is 43.0 Å². The molecular weight excluding hydrogens is 242 g/mol. The third kappa shape index (κ3) is 2.57. The molecule has 0 aliphatic carbocycles. The number of ether oxygens (including phenoxy) is 1. The number of anilines is 1. The average Bonchev–Trinajstić information content (AvgIpc) is 2.84. The third-order valence-corrected chi connectivity index (χ3v) is 3.69. The number of nitrogens with zero attached hydrogens (tertiary/aromatic N) is 2. The Morgan fingerprint density at radius 2 is 2.16 bits per heavy atom. The predicted molar refractivity (Wildman–Crippen MR) is 73.7 cm³/mol. The Hall–Kier alpha value is -1.59. The van der Waals surface area contributed by atoms with Gasteiger partial charge in [-0.3, -0.25) is 4.90 Å². The van der Waals surface area contributed by atoms with Crippen LogP contribution >= 0.6 is 0 Å². The van der Waals surface area contributed by atoms with Gasteiger partial charge in [0.2, 0.25) is 5.89 Å². The van der Waals surface area contributed by atoms with Gasteiger partial charge in [0, 0.05) is 19.3 Å². The first kappa shape index (κ1) is 12.4. The maximum Gasteiger partial charge on any atom is 0.209 e. The maximum absolute atomic E-state index is 5.89. The van der Waals surface area contributed by atoms with Crippen LogP contribution in [0, 0.1) is 0 Å². The molecule has 3 rings (SSSR count). The highest BCUT2D eigenvalue weighted by Crippen LogP contribution is 2.23. The Morgan fingerprint density at radius 1 is 1.37 bits per heavy atom. The van der Waals surface area contributed by atoms with Gasteiger partial charge in [0.05, 0.1) is 12.2 Å². The van der Waals surface area contributed by atoms with E-state index in [4.69, 9.17) is 14.9 Å². The Kier molecular flexibility index (Phi) is 3.40. The van der Waals surface area contributed by atoms with Crippen molar-refractivity contribution >= 4 is 16.8 Å². The highest BCUT2D eigenvalue weighted by molar-refractivity contribution is 5.85. The second-order valence-corrected chi connectivity index (χ2v) is 5.06. The van der Waals surface area contributed by atoms with E-state index >= 15 is 0 Å². The predicted octanol–water partition coefficient (Wildman–Crippen LogP) is 2.02. The van der Waals surface area contributed by atoms with Crippen LogP contribution in [0.4, 0.5) is 5.69 Å². The minimum atomic E-state index is 0.543.